The third kappa shape index (κ3) is 3.54. The van der Waals surface area contributed by atoms with E-state index in [1.54, 1.807) is 18.3 Å². The minimum atomic E-state index is -4.59. The first-order valence-electron chi connectivity index (χ1n) is 7.09. The highest BCUT2D eigenvalue weighted by Crippen LogP contribution is 2.38. The Morgan fingerprint density at radius 2 is 2.25 bits per heavy atom. The van der Waals surface area contributed by atoms with Gasteiger partial charge in [-0.25, -0.2) is 14.5 Å². The van der Waals surface area contributed by atoms with E-state index in [4.69, 9.17) is 19.3 Å². The number of fused-ring (bicyclic) bond motifs is 1. The molecule has 0 saturated carbocycles. The fraction of sp³-hybridized carbons (Fsp3) is 0.462. The molecule has 1 saturated heterocycles. The van der Waals surface area contributed by atoms with Gasteiger partial charge in [0.15, 0.2) is 11.9 Å². The number of hydrogen-bond donors (Lipinski definition) is 2. The Labute approximate surface area is 136 Å². The van der Waals surface area contributed by atoms with Crippen LogP contribution < -0.4 is 5.56 Å². The van der Waals surface area contributed by atoms with Crippen molar-refractivity contribution < 1.29 is 28.3 Å². The smallest absolute Gasteiger partial charge is 0.377 e. The number of phosphoric acid groups is 1. The van der Waals surface area contributed by atoms with Crippen LogP contribution in [-0.2, 0) is 18.6 Å². The molecule has 2 aromatic heterocycles. The summed E-state index contributed by atoms with van der Waals surface area (Å²) in [5.74, 6) is 0. The summed E-state index contributed by atoms with van der Waals surface area (Å²) in [6.45, 7) is -0.308. The minimum Gasteiger partial charge on any atom is -0.377 e. The highest BCUT2D eigenvalue weighted by molar-refractivity contribution is 7.46. The first-order chi connectivity index (χ1) is 11.4. The molecule has 0 aliphatic carbocycles. The van der Waals surface area contributed by atoms with Gasteiger partial charge in [0.2, 0.25) is 0 Å². The lowest BCUT2D eigenvalue weighted by atomic mass is 10.2. The maximum absolute atomic E-state index is 12.6. The maximum atomic E-state index is 12.6. The number of rotatable bonds is 5. The molecule has 2 aromatic rings. The molecule has 130 valence electrons. The molecule has 3 rings (SSSR count). The Hall–Kier alpha value is -1.68. The molecule has 10 nitrogen and oxygen atoms in total. The van der Waals surface area contributed by atoms with Crippen molar-refractivity contribution in [2.75, 3.05) is 13.7 Å². The zero-order valence-electron chi connectivity index (χ0n) is 12.7. The van der Waals surface area contributed by atoms with Crippen molar-refractivity contribution >= 4 is 18.9 Å². The summed E-state index contributed by atoms with van der Waals surface area (Å²) in [5.41, 5.74) is -0.0104. The number of methoxy groups -OCH3 is 1. The second-order valence-corrected chi connectivity index (χ2v) is 6.52. The van der Waals surface area contributed by atoms with Gasteiger partial charge in [0, 0.05) is 19.7 Å². The van der Waals surface area contributed by atoms with Crippen LogP contribution in [0.5, 0.6) is 0 Å². The molecule has 2 N–H and O–H groups in total. The van der Waals surface area contributed by atoms with Crippen LogP contribution in [0.1, 0.15) is 12.6 Å². The van der Waals surface area contributed by atoms with Crippen molar-refractivity contribution in [3.63, 3.8) is 0 Å². The van der Waals surface area contributed by atoms with E-state index >= 15 is 0 Å². The van der Waals surface area contributed by atoms with E-state index in [0.717, 1.165) is 0 Å². The summed E-state index contributed by atoms with van der Waals surface area (Å²) in [6, 6.07) is 3.25. The molecule has 3 atom stereocenters. The summed E-state index contributed by atoms with van der Waals surface area (Å²) in [6.07, 6.45) is 1.30. The SMILES string of the molecule is COC1C[C@@H](COP(=O)(O)O)O[C@H]1n1cnc2ncccc2c1=O. The van der Waals surface area contributed by atoms with Crippen molar-refractivity contribution in [1.29, 1.82) is 0 Å². The molecule has 1 fully saturated rings. The number of nitrogens with zero attached hydrogens (tertiary/aromatic N) is 3. The van der Waals surface area contributed by atoms with Crippen molar-refractivity contribution in [2.45, 2.75) is 24.9 Å². The summed E-state index contributed by atoms with van der Waals surface area (Å²) in [4.78, 5) is 38.3. The predicted molar refractivity (Wildman–Crippen MR) is 81.1 cm³/mol. The standard InChI is InChI=1S/C13H16N3O7P/c1-21-10-5-8(6-22-24(18,19)20)23-13(10)16-7-15-11-9(12(16)17)3-2-4-14-11/h2-4,7-8,10,13H,5-6H2,1H3,(H2,18,19,20)/t8-,10?,13+/m0/s1. The molecule has 0 spiro atoms. The number of aromatic nitrogens is 3. The zero-order valence-corrected chi connectivity index (χ0v) is 13.6. The number of phosphoric ester groups is 1. The van der Waals surface area contributed by atoms with E-state index in [1.807, 2.05) is 0 Å². The molecular formula is C13H16N3O7P. The highest BCUT2D eigenvalue weighted by Gasteiger charge is 2.38. The molecule has 24 heavy (non-hydrogen) atoms. The van der Waals surface area contributed by atoms with Crippen LogP contribution in [0.2, 0.25) is 0 Å². The van der Waals surface area contributed by atoms with Crippen molar-refractivity contribution in [3.05, 3.63) is 35.0 Å². The molecule has 0 amide bonds. The van der Waals surface area contributed by atoms with Gasteiger partial charge in [-0.1, -0.05) is 0 Å². The predicted octanol–water partition coefficient (Wildman–Crippen LogP) is 0.203. The quantitative estimate of drug-likeness (QED) is 0.720. The Morgan fingerprint density at radius 3 is 2.96 bits per heavy atom. The van der Waals surface area contributed by atoms with Crippen molar-refractivity contribution in [1.82, 2.24) is 14.5 Å². The number of pyridine rings is 1. The first-order valence-corrected chi connectivity index (χ1v) is 8.62. The summed E-state index contributed by atoms with van der Waals surface area (Å²) in [7, 11) is -3.12. The monoisotopic (exact) mass is 357 g/mol. The summed E-state index contributed by atoms with van der Waals surface area (Å²) >= 11 is 0. The Morgan fingerprint density at radius 1 is 1.46 bits per heavy atom. The molecule has 0 aromatic carbocycles. The van der Waals surface area contributed by atoms with Gasteiger partial charge in [-0.3, -0.25) is 13.9 Å². The third-order valence-corrected chi connectivity index (χ3v) is 4.19. The summed E-state index contributed by atoms with van der Waals surface area (Å²) < 4.78 is 27.6. The van der Waals surface area contributed by atoms with Gasteiger partial charge in [-0.15, -0.1) is 0 Å². The van der Waals surface area contributed by atoms with Crippen LogP contribution >= 0.6 is 7.82 Å². The van der Waals surface area contributed by atoms with Crippen LogP contribution in [0, 0.1) is 0 Å². The molecule has 0 bridgehead atoms. The minimum absolute atomic E-state index is 0.308. The van der Waals surface area contributed by atoms with Crippen molar-refractivity contribution in [2.24, 2.45) is 0 Å². The lowest BCUT2D eigenvalue weighted by Crippen LogP contribution is -2.31. The van der Waals surface area contributed by atoms with E-state index in [9.17, 15) is 9.36 Å². The third-order valence-electron chi connectivity index (χ3n) is 3.71. The first kappa shape index (κ1) is 17.2. The van der Waals surface area contributed by atoms with Gasteiger partial charge in [-0.05, 0) is 12.1 Å². The fourth-order valence-electron chi connectivity index (χ4n) is 2.62. The van der Waals surface area contributed by atoms with Gasteiger partial charge in [0.1, 0.15) is 12.4 Å². The van der Waals surface area contributed by atoms with Crippen LogP contribution in [0.25, 0.3) is 11.0 Å². The van der Waals surface area contributed by atoms with Crippen LogP contribution in [-0.4, -0.2) is 50.2 Å². The molecule has 1 unspecified atom stereocenters. The highest BCUT2D eigenvalue weighted by atomic mass is 31.2. The second kappa shape index (κ2) is 6.67. The van der Waals surface area contributed by atoms with Crippen LogP contribution in [0.4, 0.5) is 0 Å². The molecule has 1 aliphatic heterocycles. The lowest BCUT2D eigenvalue weighted by molar-refractivity contribution is -0.0615. The summed E-state index contributed by atoms with van der Waals surface area (Å²) in [5, 5.41) is 0.341. The van der Waals surface area contributed by atoms with Gasteiger partial charge in [-0.2, -0.15) is 0 Å². The molecule has 3 heterocycles. The molecule has 1 aliphatic rings. The number of hydrogen-bond acceptors (Lipinski definition) is 7. The Kier molecular flexibility index (Phi) is 4.77. The maximum Gasteiger partial charge on any atom is 0.469 e. The Balaban J connectivity index is 1.87. The zero-order chi connectivity index (χ0) is 17.3. The van der Waals surface area contributed by atoms with Crippen LogP contribution in [0.3, 0.4) is 0 Å². The second-order valence-electron chi connectivity index (χ2n) is 5.28. The van der Waals surface area contributed by atoms with E-state index < -0.39 is 26.3 Å². The van der Waals surface area contributed by atoms with Gasteiger partial charge in [0.25, 0.3) is 5.56 Å². The molecular weight excluding hydrogens is 341 g/mol. The average molecular weight is 357 g/mol. The van der Waals surface area contributed by atoms with E-state index in [2.05, 4.69) is 14.5 Å². The van der Waals surface area contributed by atoms with Crippen molar-refractivity contribution in [3.8, 4) is 0 Å². The lowest BCUT2D eigenvalue weighted by Gasteiger charge is -2.19. The van der Waals surface area contributed by atoms with Gasteiger partial charge in [0.05, 0.1) is 18.1 Å². The average Bonchev–Trinajstić information content (AvgIpc) is 2.96. The van der Waals surface area contributed by atoms with Gasteiger partial charge >= 0.3 is 7.82 Å². The Bertz CT molecular complexity index is 836. The molecule has 11 heteroatoms. The fourth-order valence-corrected chi connectivity index (χ4v) is 2.98. The topological polar surface area (TPSA) is 133 Å². The van der Waals surface area contributed by atoms with E-state index in [-0.39, 0.29) is 12.2 Å². The molecule has 0 radical (unpaired) electrons. The van der Waals surface area contributed by atoms with Gasteiger partial charge < -0.3 is 19.3 Å². The number of ether oxygens (including phenoxy) is 2. The van der Waals surface area contributed by atoms with E-state index in [1.165, 1.54) is 18.0 Å². The largest absolute Gasteiger partial charge is 0.469 e. The normalized spacial score (nSPS) is 24.5. The van der Waals surface area contributed by atoms with Crippen LogP contribution in [0.15, 0.2) is 29.5 Å². The van der Waals surface area contributed by atoms with E-state index in [0.29, 0.717) is 17.5 Å².